The maximum atomic E-state index is 14.7. The van der Waals surface area contributed by atoms with E-state index in [1.54, 1.807) is 29.8 Å². The molecule has 4 rings (SSSR count). The Kier molecular flexibility index (Phi) is 4.42. The Morgan fingerprint density at radius 3 is 2.65 bits per heavy atom. The van der Waals surface area contributed by atoms with Gasteiger partial charge in [-0.2, -0.15) is 0 Å². The number of hydrogen-bond donors (Lipinski definition) is 2. The fourth-order valence-corrected chi connectivity index (χ4v) is 4.14. The Morgan fingerprint density at radius 2 is 1.96 bits per heavy atom. The van der Waals surface area contributed by atoms with Crippen LogP contribution in [0.3, 0.4) is 0 Å². The lowest BCUT2D eigenvalue weighted by atomic mass is 9.78. The van der Waals surface area contributed by atoms with Gasteiger partial charge in [0.15, 0.2) is 6.30 Å². The summed E-state index contributed by atoms with van der Waals surface area (Å²) in [6.07, 6.45) is 6.70. The molecule has 2 aromatic heterocycles. The summed E-state index contributed by atoms with van der Waals surface area (Å²) in [4.78, 5) is 13.5. The third-order valence-electron chi connectivity index (χ3n) is 4.68. The summed E-state index contributed by atoms with van der Waals surface area (Å²) in [5, 5.41) is 3.66. The zero-order valence-electron chi connectivity index (χ0n) is 14.4. The molecule has 0 aliphatic heterocycles. The van der Waals surface area contributed by atoms with Crippen molar-refractivity contribution in [1.82, 2.24) is 15.0 Å². The van der Waals surface area contributed by atoms with Crippen LogP contribution >= 0.6 is 11.3 Å². The summed E-state index contributed by atoms with van der Waals surface area (Å²) in [6.45, 7) is 1.96. The van der Waals surface area contributed by atoms with E-state index < -0.39 is 6.30 Å². The molecular weight excluding hydrogens is 349 g/mol. The number of nitrogens with zero attached hydrogens (tertiary/aromatic N) is 3. The first-order valence-electron chi connectivity index (χ1n) is 8.58. The molecule has 5 nitrogen and oxygen atoms in total. The predicted molar refractivity (Wildman–Crippen MR) is 102 cm³/mol. The SMILES string of the molecule is Cc1cc(-c2cnc(C3(N)CCC3)s2)cc(C(F)Nc2ncccn2)c1. The van der Waals surface area contributed by atoms with Crippen LogP contribution in [0.4, 0.5) is 10.3 Å². The van der Waals surface area contributed by atoms with Gasteiger partial charge in [0.1, 0.15) is 5.01 Å². The fraction of sp³-hybridized carbons (Fsp3) is 0.316. The minimum absolute atomic E-state index is 0.262. The van der Waals surface area contributed by atoms with E-state index in [-0.39, 0.29) is 11.5 Å². The van der Waals surface area contributed by atoms with Crippen molar-refractivity contribution in [3.63, 3.8) is 0 Å². The van der Waals surface area contributed by atoms with Crippen LogP contribution in [-0.4, -0.2) is 15.0 Å². The molecule has 7 heteroatoms. The van der Waals surface area contributed by atoms with Crippen LogP contribution in [0.5, 0.6) is 0 Å². The van der Waals surface area contributed by atoms with Crippen molar-refractivity contribution in [3.05, 3.63) is 59.0 Å². The van der Waals surface area contributed by atoms with Gasteiger partial charge in [-0.25, -0.2) is 19.3 Å². The maximum absolute atomic E-state index is 14.7. The molecule has 0 bridgehead atoms. The molecule has 0 saturated heterocycles. The Morgan fingerprint density at radius 1 is 1.19 bits per heavy atom. The third kappa shape index (κ3) is 3.32. The second-order valence-electron chi connectivity index (χ2n) is 6.75. The van der Waals surface area contributed by atoms with Crippen LogP contribution in [-0.2, 0) is 5.54 Å². The number of aryl methyl sites for hydroxylation is 1. The van der Waals surface area contributed by atoms with E-state index in [1.807, 2.05) is 31.3 Å². The second-order valence-corrected chi connectivity index (χ2v) is 7.78. The van der Waals surface area contributed by atoms with Gasteiger partial charge in [0.05, 0.1) is 10.4 Å². The summed E-state index contributed by atoms with van der Waals surface area (Å²) < 4.78 is 14.7. The molecule has 1 fully saturated rings. The summed E-state index contributed by atoms with van der Waals surface area (Å²) in [6, 6.07) is 7.39. The number of thiazole rings is 1. The lowest BCUT2D eigenvalue weighted by Crippen LogP contribution is -2.43. The predicted octanol–water partition coefficient (Wildman–Crippen LogP) is 4.33. The number of rotatable bonds is 5. The fourth-order valence-electron chi connectivity index (χ4n) is 3.08. The molecule has 0 radical (unpaired) electrons. The van der Waals surface area contributed by atoms with Gasteiger partial charge in [0.2, 0.25) is 5.95 Å². The number of nitrogens with two attached hydrogens (primary N) is 1. The monoisotopic (exact) mass is 369 g/mol. The minimum atomic E-state index is -1.39. The summed E-state index contributed by atoms with van der Waals surface area (Å²) >= 11 is 1.60. The number of hydrogen-bond acceptors (Lipinski definition) is 6. The topological polar surface area (TPSA) is 76.7 Å². The molecule has 1 saturated carbocycles. The number of aromatic nitrogens is 3. The smallest absolute Gasteiger partial charge is 0.225 e. The highest BCUT2D eigenvalue weighted by Crippen LogP contribution is 2.42. The maximum Gasteiger partial charge on any atom is 0.225 e. The van der Waals surface area contributed by atoms with E-state index in [0.29, 0.717) is 5.56 Å². The molecule has 1 aliphatic carbocycles. The first-order chi connectivity index (χ1) is 12.5. The average Bonchev–Trinajstić information content (AvgIpc) is 3.10. The van der Waals surface area contributed by atoms with Crippen LogP contribution in [0.15, 0.2) is 42.9 Å². The van der Waals surface area contributed by atoms with Crippen LogP contribution in [0.1, 0.15) is 41.7 Å². The molecule has 1 atom stereocenters. The first kappa shape index (κ1) is 17.1. The largest absolute Gasteiger partial charge is 0.321 e. The molecule has 2 heterocycles. The number of anilines is 1. The van der Waals surface area contributed by atoms with Gasteiger partial charge in [-0.3, -0.25) is 0 Å². The van der Waals surface area contributed by atoms with Crippen LogP contribution in [0.25, 0.3) is 10.4 Å². The molecule has 3 N–H and O–H groups in total. The van der Waals surface area contributed by atoms with Crippen LogP contribution < -0.4 is 11.1 Å². The van der Waals surface area contributed by atoms with Crippen molar-refractivity contribution in [3.8, 4) is 10.4 Å². The standard InChI is InChI=1S/C19H20FN5S/c1-12-8-13(15-11-24-17(26-15)19(21)4-2-5-19)10-14(9-12)16(20)25-18-22-6-3-7-23-18/h3,6-11,16H,2,4-5,21H2,1H3,(H,22,23,25). The van der Waals surface area contributed by atoms with Gasteiger partial charge < -0.3 is 11.1 Å². The Hall–Kier alpha value is -2.38. The van der Waals surface area contributed by atoms with E-state index in [9.17, 15) is 4.39 Å². The summed E-state index contributed by atoms with van der Waals surface area (Å²) in [5.41, 5.74) is 8.57. The third-order valence-corrected chi connectivity index (χ3v) is 5.94. The quantitative estimate of drug-likeness (QED) is 0.655. The van der Waals surface area contributed by atoms with Crippen molar-refractivity contribution >= 4 is 17.3 Å². The molecule has 3 aromatic rings. The molecule has 0 amide bonds. The first-order valence-corrected chi connectivity index (χ1v) is 9.40. The van der Waals surface area contributed by atoms with E-state index in [4.69, 9.17) is 5.73 Å². The zero-order valence-corrected chi connectivity index (χ0v) is 15.3. The molecule has 1 aromatic carbocycles. The minimum Gasteiger partial charge on any atom is -0.321 e. The van der Waals surface area contributed by atoms with Crippen molar-refractivity contribution in [2.24, 2.45) is 5.73 Å². The van der Waals surface area contributed by atoms with Gasteiger partial charge in [0.25, 0.3) is 0 Å². The van der Waals surface area contributed by atoms with Gasteiger partial charge in [0, 0.05) is 24.2 Å². The van der Waals surface area contributed by atoms with Crippen molar-refractivity contribution in [2.75, 3.05) is 5.32 Å². The highest BCUT2D eigenvalue weighted by molar-refractivity contribution is 7.15. The van der Waals surface area contributed by atoms with E-state index in [0.717, 1.165) is 40.3 Å². The number of benzene rings is 1. The van der Waals surface area contributed by atoms with Crippen molar-refractivity contribution in [1.29, 1.82) is 0 Å². The average molecular weight is 369 g/mol. The summed E-state index contributed by atoms with van der Waals surface area (Å²) in [7, 11) is 0. The normalized spacial score (nSPS) is 16.7. The van der Waals surface area contributed by atoms with Crippen molar-refractivity contribution in [2.45, 2.75) is 38.0 Å². The molecule has 1 unspecified atom stereocenters. The van der Waals surface area contributed by atoms with Crippen molar-refractivity contribution < 1.29 is 4.39 Å². The highest BCUT2D eigenvalue weighted by atomic mass is 32.1. The van der Waals surface area contributed by atoms with Gasteiger partial charge >= 0.3 is 0 Å². The lowest BCUT2D eigenvalue weighted by Gasteiger charge is -2.35. The number of halogens is 1. The lowest BCUT2D eigenvalue weighted by molar-refractivity contribution is 0.253. The van der Waals surface area contributed by atoms with E-state index in [1.165, 1.54) is 0 Å². The number of alkyl halides is 1. The van der Waals surface area contributed by atoms with Crippen LogP contribution in [0.2, 0.25) is 0 Å². The molecule has 0 spiro atoms. The van der Waals surface area contributed by atoms with Gasteiger partial charge in [-0.1, -0.05) is 17.7 Å². The molecule has 134 valence electrons. The zero-order chi connectivity index (χ0) is 18.1. The Balaban J connectivity index is 1.60. The van der Waals surface area contributed by atoms with Gasteiger partial charge in [-0.15, -0.1) is 11.3 Å². The van der Waals surface area contributed by atoms with Gasteiger partial charge in [-0.05, 0) is 43.9 Å². The molecular formula is C19H20FN5S. The van der Waals surface area contributed by atoms with Crippen LogP contribution in [0, 0.1) is 6.92 Å². The Bertz CT molecular complexity index is 907. The molecule has 1 aliphatic rings. The summed E-state index contributed by atoms with van der Waals surface area (Å²) in [5.74, 6) is 0.262. The number of nitrogens with one attached hydrogen (secondary N) is 1. The highest BCUT2D eigenvalue weighted by Gasteiger charge is 2.37. The second kappa shape index (κ2) is 6.74. The molecule has 26 heavy (non-hydrogen) atoms. The van der Waals surface area contributed by atoms with E-state index in [2.05, 4.69) is 20.3 Å². The van der Waals surface area contributed by atoms with E-state index >= 15 is 0 Å². The Labute approximate surface area is 155 Å².